The molecule has 31 heavy (non-hydrogen) atoms. The lowest BCUT2D eigenvalue weighted by Gasteiger charge is -2.34. The molecule has 2 aliphatic rings. The van der Waals surface area contributed by atoms with Crippen molar-refractivity contribution in [3.63, 3.8) is 0 Å². The highest BCUT2D eigenvalue weighted by molar-refractivity contribution is 7.89. The SMILES string of the molecule is CN(C)S(=O)(=O)c1cc(CN[C@H]2CCCN[C@H]2c2ccccc2)c2c(c1)CC(C)(C)O2. The van der Waals surface area contributed by atoms with Gasteiger partial charge in [0.15, 0.2) is 0 Å². The third-order valence-corrected chi connectivity index (χ3v) is 7.95. The molecule has 2 N–H and O–H groups in total. The summed E-state index contributed by atoms with van der Waals surface area (Å²) in [5, 5.41) is 7.34. The molecule has 0 spiro atoms. The molecule has 0 unspecified atom stereocenters. The van der Waals surface area contributed by atoms with E-state index in [0.717, 1.165) is 36.3 Å². The molecule has 6 nitrogen and oxygen atoms in total. The number of hydrogen-bond donors (Lipinski definition) is 2. The van der Waals surface area contributed by atoms with E-state index in [4.69, 9.17) is 4.74 Å². The molecule has 0 bridgehead atoms. The van der Waals surface area contributed by atoms with Crippen molar-refractivity contribution < 1.29 is 13.2 Å². The average molecular weight is 444 g/mol. The molecule has 7 heteroatoms. The molecule has 1 saturated heterocycles. The Hall–Kier alpha value is -1.93. The minimum Gasteiger partial charge on any atom is -0.487 e. The van der Waals surface area contributed by atoms with Crippen LogP contribution in [0.4, 0.5) is 0 Å². The van der Waals surface area contributed by atoms with E-state index in [1.165, 1.54) is 9.87 Å². The Morgan fingerprint density at radius 2 is 1.94 bits per heavy atom. The van der Waals surface area contributed by atoms with Crippen molar-refractivity contribution in [1.29, 1.82) is 0 Å². The highest BCUT2D eigenvalue weighted by Gasteiger charge is 2.34. The number of fused-ring (bicyclic) bond motifs is 1. The van der Waals surface area contributed by atoms with Crippen LogP contribution in [0.2, 0.25) is 0 Å². The van der Waals surface area contributed by atoms with Gasteiger partial charge in [-0.15, -0.1) is 0 Å². The van der Waals surface area contributed by atoms with Crippen LogP contribution in [-0.2, 0) is 23.0 Å². The first-order valence-corrected chi connectivity index (χ1v) is 12.4. The lowest BCUT2D eigenvalue weighted by Crippen LogP contribution is -2.45. The van der Waals surface area contributed by atoms with E-state index in [1.807, 2.05) is 19.9 Å². The van der Waals surface area contributed by atoms with Gasteiger partial charge in [0.25, 0.3) is 0 Å². The van der Waals surface area contributed by atoms with E-state index < -0.39 is 10.0 Å². The van der Waals surface area contributed by atoms with Gasteiger partial charge >= 0.3 is 0 Å². The van der Waals surface area contributed by atoms with Gasteiger partial charge in [0.1, 0.15) is 11.4 Å². The molecule has 2 atom stereocenters. The summed E-state index contributed by atoms with van der Waals surface area (Å²) < 4.78 is 33.2. The highest BCUT2D eigenvalue weighted by atomic mass is 32.2. The van der Waals surface area contributed by atoms with Crippen molar-refractivity contribution in [2.75, 3.05) is 20.6 Å². The van der Waals surface area contributed by atoms with Crippen molar-refractivity contribution >= 4 is 10.0 Å². The third-order valence-electron chi connectivity index (χ3n) is 6.16. The Labute approximate surface area is 186 Å². The summed E-state index contributed by atoms with van der Waals surface area (Å²) >= 11 is 0. The van der Waals surface area contributed by atoms with Gasteiger partial charge in [-0.2, -0.15) is 0 Å². The molecular formula is C24H33N3O3S. The van der Waals surface area contributed by atoms with E-state index in [1.54, 1.807) is 26.2 Å². The first-order valence-electron chi connectivity index (χ1n) is 11.0. The highest BCUT2D eigenvalue weighted by Crippen LogP contribution is 2.40. The Bertz CT molecular complexity index is 1040. The Kier molecular flexibility index (Phi) is 6.14. The van der Waals surface area contributed by atoms with Gasteiger partial charge in [0, 0.05) is 44.7 Å². The first kappa shape index (κ1) is 22.3. The second kappa shape index (κ2) is 8.54. The van der Waals surface area contributed by atoms with Crippen LogP contribution in [0.1, 0.15) is 49.4 Å². The zero-order valence-electron chi connectivity index (χ0n) is 18.8. The quantitative estimate of drug-likeness (QED) is 0.717. The standard InChI is InChI=1S/C24H33N3O3S/c1-24(2)15-18-13-20(31(28,29)27(3)4)14-19(23(18)30-24)16-26-21-11-8-12-25-22(21)17-9-6-5-7-10-17/h5-7,9-10,13-14,21-22,25-26H,8,11-12,15-16H2,1-4H3/t21-,22-/m0/s1. The van der Waals surface area contributed by atoms with Crippen LogP contribution in [0.25, 0.3) is 0 Å². The molecule has 168 valence electrons. The van der Waals surface area contributed by atoms with Crippen LogP contribution in [0, 0.1) is 0 Å². The van der Waals surface area contributed by atoms with E-state index >= 15 is 0 Å². The maximum atomic E-state index is 12.8. The first-order chi connectivity index (χ1) is 14.7. The van der Waals surface area contributed by atoms with Gasteiger partial charge in [0.2, 0.25) is 10.0 Å². The molecule has 1 fully saturated rings. The van der Waals surface area contributed by atoms with Crippen LogP contribution >= 0.6 is 0 Å². The summed E-state index contributed by atoms with van der Waals surface area (Å²) in [5.41, 5.74) is 2.80. The van der Waals surface area contributed by atoms with Gasteiger partial charge in [-0.25, -0.2) is 12.7 Å². The summed E-state index contributed by atoms with van der Waals surface area (Å²) in [4.78, 5) is 0.329. The van der Waals surface area contributed by atoms with Crippen LogP contribution < -0.4 is 15.4 Å². The number of hydrogen-bond acceptors (Lipinski definition) is 5. The summed E-state index contributed by atoms with van der Waals surface area (Å²) in [5.74, 6) is 0.829. The third kappa shape index (κ3) is 4.65. The second-order valence-electron chi connectivity index (χ2n) is 9.37. The van der Waals surface area contributed by atoms with Crippen molar-refractivity contribution in [2.45, 2.75) is 62.2 Å². The van der Waals surface area contributed by atoms with Crippen LogP contribution in [0.3, 0.4) is 0 Å². The Balaban J connectivity index is 1.62. The fourth-order valence-corrected chi connectivity index (χ4v) is 5.61. The number of rotatable bonds is 6. The van der Waals surface area contributed by atoms with Gasteiger partial charge in [-0.3, -0.25) is 0 Å². The fraction of sp³-hybridized carbons (Fsp3) is 0.500. The molecule has 0 amide bonds. The zero-order chi connectivity index (χ0) is 22.2. The molecule has 2 aromatic rings. The van der Waals surface area contributed by atoms with Crippen LogP contribution in [-0.4, -0.2) is 45.0 Å². The molecule has 4 rings (SSSR count). The fourth-order valence-electron chi connectivity index (χ4n) is 4.61. The van der Waals surface area contributed by atoms with Crippen molar-refractivity contribution in [3.8, 4) is 5.75 Å². The summed E-state index contributed by atoms with van der Waals surface area (Å²) in [6.45, 7) is 5.65. The van der Waals surface area contributed by atoms with Gasteiger partial charge in [-0.1, -0.05) is 30.3 Å². The van der Waals surface area contributed by atoms with Crippen molar-refractivity contribution in [1.82, 2.24) is 14.9 Å². The van der Waals surface area contributed by atoms with Crippen molar-refractivity contribution in [3.05, 3.63) is 59.2 Å². The number of sulfonamides is 1. The smallest absolute Gasteiger partial charge is 0.242 e. The number of nitrogens with one attached hydrogen (secondary N) is 2. The summed E-state index contributed by atoms with van der Waals surface area (Å²) in [7, 11) is -0.380. The lowest BCUT2D eigenvalue weighted by atomic mass is 9.92. The molecule has 2 heterocycles. The topological polar surface area (TPSA) is 70.7 Å². The Morgan fingerprint density at radius 1 is 1.19 bits per heavy atom. The Morgan fingerprint density at radius 3 is 2.65 bits per heavy atom. The monoisotopic (exact) mass is 443 g/mol. The predicted octanol–water partition coefficient (Wildman–Crippen LogP) is 3.23. The maximum absolute atomic E-state index is 12.8. The molecular weight excluding hydrogens is 410 g/mol. The molecule has 2 aliphatic heterocycles. The van der Waals surface area contributed by atoms with E-state index in [9.17, 15) is 8.42 Å². The van der Waals surface area contributed by atoms with E-state index in [0.29, 0.717) is 17.9 Å². The average Bonchev–Trinajstić information content (AvgIpc) is 3.06. The number of piperidine rings is 1. The van der Waals surface area contributed by atoms with Gasteiger partial charge in [0.05, 0.1) is 4.90 Å². The normalized spacial score (nSPS) is 22.9. The molecule has 0 aliphatic carbocycles. The summed E-state index contributed by atoms with van der Waals surface area (Å²) in [6, 6.07) is 14.5. The molecule has 0 aromatic heterocycles. The van der Waals surface area contributed by atoms with Crippen molar-refractivity contribution in [2.24, 2.45) is 0 Å². The molecule has 0 saturated carbocycles. The van der Waals surface area contributed by atoms with E-state index in [2.05, 4.69) is 34.9 Å². The second-order valence-corrected chi connectivity index (χ2v) is 11.5. The van der Waals surface area contributed by atoms with Crippen LogP contribution in [0.15, 0.2) is 47.4 Å². The lowest BCUT2D eigenvalue weighted by molar-refractivity contribution is 0.137. The zero-order valence-corrected chi connectivity index (χ0v) is 19.6. The number of nitrogens with zero attached hydrogens (tertiary/aromatic N) is 1. The molecule has 2 aromatic carbocycles. The molecule has 0 radical (unpaired) electrons. The minimum absolute atomic E-state index is 0.231. The van der Waals surface area contributed by atoms with E-state index in [-0.39, 0.29) is 17.7 Å². The summed E-state index contributed by atoms with van der Waals surface area (Å²) in [6.07, 6.45) is 2.87. The largest absolute Gasteiger partial charge is 0.487 e. The minimum atomic E-state index is -3.52. The maximum Gasteiger partial charge on any atom is 0.242 e. The van der Waals surface area contributed by atoms with Gasteiger partial charge < -0.3 is 15.4 Å². The van der Waals surface area contributed by atoms with Gasteiger partial charge in [-0.05, 0) is 56.5 Å². The van der Waals surface area contributed by atoms with Crippen LogP contribution in [0.5, 0.6) is 5.75 Å². The number of benzene rings is 2. The number of ether oxygens (including phenoxy) is 1. The predicted molar refractivity (Wildman–Crippen MR) is 123 cm³/mol.